The zero-order chi connectivity index (χ0) is 13.1. The Hall–Kier alpha value is -2.17. The predicted octanol–water partition coefficient (Wildman–Crippen LogP) is 1.55. The van der Waals surface area contributed by atoms with E-state index in [1.807, 2.05) is 38.1 Å². The number of fused-ring (bicyclic) bond motifs is 1. The number of hydrogen-bond donors (Lipinski definition) is 2. The Labute approximate surface area is 105 Å². The number of carbonyl (C=O) groups is 1. The second-order valence-electron chi connectivity index (χ2n) is 4.51. The van der Waals surface area contributed by atoms with Gasteiger partial charge in [-0.25, -0.2) is 9.97 Å². The highest BCUT2D eigenvalue weighted by molar-refractivity contribution is 5.91. The number of hydrogen-bond acceptors (Lipinski definition) is 4. The maximum absolute atomic E-state index is 11.4. The number of primary amides is 1. The van der Waals surface area contributed by atoms with Crippen LogP contribution in [0.4, 0.5) is 5.82 Å². The molecule has 0 spiro atoms. The fraction of sp³-hybridized carbons (Fsp3) is 0.308. The summed E-state index contributed by atoms with van der Waals surface area (Å²) in [6.07, 6.45) is 1.48. The molecule has 1 aromatic heterocycles. The number of amides is 1. The smallest absolute Gasteiger partial charge is 0.240 e. The molecule has 0 bridgehead atoms. The highest BCUT2D eigenvalue weighted by Crippen LogP contribution is 2.20. The third kappa shape index (κ3) is 2.40. The van der Waals surface area contributed by atoms with Crippen molar-refractivity contribution in [2.45, 2.75) is 19.9 Å². The minimum Gasteiger partial charge on any atom is -0.368 e. The van der Waals surface area contributed by atoms with Crippen LogP contribution in [0.5, 0.6) is 0 Å². The first-order valence-corrected chi connectivity index (χ1v) is 5.85. The minimum absolute atomic E-state index is 0.0937. The van der Waals surface area contributed by atoms with Crippen molar-refractivity contribution in [1.82, 2.24) is 9.97 Å². The van der Waals surface area contributed by atoms with Crippen molar-refractivity contribution in [1.29, 1.82) is 0 Å². The van der Waals surface area contributed by atoms with Gasteiger partial charge in [0.1, 0.15) is 18.2 Å². The largest absolute Gasteiger partial charge is 0.368 e. The highest BCUT2D eigenvalue weighted by atomic mass is 16.1. The van der Waals surface area contributed by atoms with Gasteiger partial charge in [-0.1, -0.05) is 26.0 Å². The van der Waals surface area contributed by atoms with Crippen LogP contribution in [-0.4, -0.2) is 21.9 Å². The maximum atomic E-state index is 11.4. The van der Waals surface area contributed by atoms with Crippen LogP contribution < -0.4 is 11.1 Å². The van der Waals surface area contributed by atoms with Crippen molar-refractivity contribution in [3.05, 3.63) is 30.6 Å². The fourth-order valence-electron chi connectivity index (χ4n) is 1.83. The summed E-state index contributed by atoms with van der Waals surface area (Å²) < 4.78 is 0. The van der Waals surface area contributed by atoms with E-state index in [1.165, 1.54) is 6.33 Å². The molecule has 0 fully saturated rings. The Balaban J connectivity index is 2.39. The van der Waals surface area contributed by atoms with E-state index in [1.54, 1.807) is 0 Å². The zero-order valence-corrected chi connectivity index (χ0v) is 10.4. The summed E-state index contributed by atoms with van der Waals surface area (Å²) in [5.41, 5.74) is 6.22. The molecule has 1 atom stereocenters. The molecule has 1 aromatic carbocycles. The van der Waals surface area contributed by atoms with E-state index in [9.17, 15) is 4.79 Å². The minimum atomic E-state index is -0.441. The van der Waals surface area contributed by atoms with Gasteiger partial charge in [-0.05, 0) is 18.1 Å². The van der Waals surface area contributed by atoms with E-state index in [4.69, 9.17) is 5.73 Å². The van der Waals surface area contributed by atoms with Crippen molar-refractivity contribution in [2.24, 2.45) is 11.7 Å². The molecule has 5 heteroatoms. The third-order valence-corrected chi connectivity index (χ3v) is 2.81. The van der Waals surface area contributed by atoms with E-state index in [0.717, 1.165) is 10.9 Å². The van der Waals surface area contributed by atoms with Crippen LogP contribution in [0, 0.1) is 5.92 Å². The Morgan fingerprint density at radius 3 is 2.67 bits per heavy atom. The Morgan fingerprint density at radius 2 is 2.00 bits per heavy atom. The summed E-state index contributed by atoms with van der Waals surface area (Å²) in [6.45, 7) is 3.87. The molecule has 94 valence electrons. The van der Waals surface area contributed by atoms with Gasteiger partial charge in [-0.2, -0.15) is 0 Å². The predicted molar refractivity (Wildman–Crippen MR) is 71.0 cm³/mol. The van der Waals surface area contributed by atoms with Crippen molar-refractivity contribution in [3.63, 3.8) is 0 Å². The van der Waals surface area contributed by atoms with Crippen molar-refractivity contribution >= 4 is 22.6 Å². The van der Waals surface area contributed by atoms with E-state index in [0.29, 0.717) is 5.82 Å². The maximum Gasteiger partial charge on any atom is 0.240 e. The average Bonchev–Trinajstić information content (AvgIpc) is 2.35. The van der Waals surface area contributed by atoms with Gasteiger partial charge in [-0.15, -0.1) is 0 Å². The van der Waals surface area contributed by atoms with Crippen LogP contribution in [-0.2, 0) is 4.79 Å². The van der Waals surface area contributed by atoms with Gasteiger partial charge >= 0.3 is 0 Å². The first-order chi connectivity index (χ1) is 8.59. The number of nitrogens with zero attached hydrogens (tertiary/aromatic N) is 2. The number of aromatic nitrogens is 2. The topological polar surface area (TPSA) is 80.9 Å². The third-order valence-electron chi connectivity index (χ3n) is 2.81. The van der Waals surface area contributed by atoms with Gasteiger partial charge in [0.15, 0.2) is 0 Å². The lowest BCUT2D eigenvalue weighted by Crippen LogP contribution is -2.39. The second-order valence-corrected chi connectivity index (χ2v) is 4.51. The Bertz CT molecular complexity index is 562. The van der Waals surface area contributed by atoms with Crippen LogP contribution in [0.15, 0.2) is 30.6 Å². The van der Waals surface area contributed by atoms with Crippen LogP contribution in [0.3, 0.4) is 0 Å². The normalized spacial score (nSPS) is 12.6. The summed E-state index contributed by atoms with van der Waals surface area (Å²) in [5, 5.41) is 3.98. The van der Waals surface area contributed by atoms with Gasteiger partial charge in [0.2, 0.25) is 5.91 Å². The number of nitrogens with two attached hydrogens (primary N) is 1. The number of carbonyl (C=O) groups excluding carboxylic acids is 1. The lowest BCUT2D eigenvalue weighted by Gasteiger charge is -2.20. The zero-order valence-electron chi connectivity index (χ0n) is 10.4. The van der Waals surface area contributed by atoms with E-state index < -0.39 is 6.04 Å². The second kappa shape index (κ2) is 5.00. The van der Waals surface area contributed by atoms with E-state index in [-0.39, 0.29) is 11.8 Å². The standard InChI is InChI=1S/C13H16N4O/c1-8(2)11(12(14)18)17-13-9-5-3-4-6-10(9)15-7-16-13/h3-8,11H,1-2H3,(H2,14,18)(H,15,16,17). The van der Waals surface area contributed by atoms with Crippen LogP contribution in [0.2, 0.25) is 0 Å². The average molecular weight is 244 g/mol. The van der Waals surface area contributed by atoms with E-state index >= 15 is 0 Å². The molecule has 0 aliphatic carbocycles. The monoisotopic (exact) mass is 244 g/mol. The Morgan fingerprint density at radius 1 is 1.28 bits per heavy atom. The molecule has 1 amide bonds. The van der Waals surface area contributed by atoms with Crippen molar-refractivity contribution in [2.75, 3.05) is 5.32 Å². The number of benzene rings is 1. The first kappa shape index (κ1) is 12.3. The molecule has 0 aliphatic rings. The highest BCUT2D eigenvalue weighted by Gasteiger charge is 2.20. The Kier molecular flexibility index (Phi) is 3.41. The van der Waals surface area contributed by atoms with Crippen molar-refractivity contribution in [3.8, 4) is 0 Å². The molecule has 0 radical (unpaired) electrons. The molecule has 0 saturated heterocycles. The summed E-state index contributed by atoms with van der Waals surface area (Å²) in [7, 11) is 0. The van der Waals surface area contributed by atoms with Crippen LogP contribution in [0.1, 0.15) is 13.8 Å². The van der Waals surface area contributed by atoms with Gasteiger partial charge in [-0.3, -0.25) is 4.79 Å². The summed E-state index contributed by atoms with van der Waals surface area (Å²) in [5.74, 6) is 0.349. The lowest BCUT2D eigenvalue weighted by molar-refractivity contribution is -0.119. The molecular formula is C13H16N4O. The fourth-order valence-corrected chi connectivity index (χ4v) is 1.83. The SMILES string of the molecule is CC(C)C(Nc1ncnc2ccccc12)C(N)=O. The molecule has 3 N–H and O–H groups in total. The van der Waals surface area contributed by atoms with Gasteiger partial charge in [0.05, 0.1) is 5.52 Å². The molecule has 18 heavy (non-hydrogen) atoms. The summed E-state index contributed by atoms with van der Waals surface area (Å²) in [4.78, 5) is 19.8. The number of nitrogens with one attached hydrogen (secondary N) is 1. The van der Waals surface area contributed by atoms with Crippen LogP contribution in [0.25, 0.3) is 10.9 Å². The van der Waals surface area contributed by atoms with Crippen molar-refractivity contribution < 1.29 is 4.79 Å². The van der Waals surface area contributed by atoms with Gasteiger partial charge in [0.25, 0.3) is 0 Å². The van der Waals surface area contributed by atoms with Gasteiger partial charge in [0, 0.05) is 5.39 Å². The summed E-state index contributed by atoms with van der Waals surface area (Å²) in [6, 6.07) is 7.19. The molecule has 5 nitrogen and oxygen atoms in total. The molecular weight excluding hydrogens is 228 g/mol. The lowest BCUT2D eigenvalue weighted by atomic mass is 10.0. The van der Waals surface area contributed by atoms with E-state index in [2.05, 4.69) is 15.3 Å². The molecule has 2 aromatic rings. The molecule has 0 aliphatic heterocycles. The molecule has 1 heterocycles. The number of anilines is 1. The molecule has 1 unspecified atom stereocenters. The number of para-hydroxylation sites is 1. The molecule has 2 rings (SSSR count). The number of rotatable bonds is 4. The summed E-state index contributed by atoms with van der Waals surface area (Å²) >= 11 is 0. The first-order valence-electron chi connectivity index (χ1n) is 5.85. The van der Waals surface area contributed by atoms with Crippen LogP contribution >= 0.6 is 0 Å². The molecule has 0 saturated carbocycles. The van der Waals surface area contributed by atoms with Gasteiger partial charge < -0.3 is 11.1 Å². The quantitative estimate of drug-likeness (QED) is 0.855.